The van der Waals surface area contributed by atoms with Gasteiger partial charge in [-0.1, -0.05) is 12.1 Å². The van der Waals surface area contributed by atoms with Gasteiger partial charge in [0.2, 0.25) is 0 Å². The molecule has 0 saturated heterocycles. The standard InChI is InChI=1S/C16H16O3/c1-10-8-15(11(2)18-10)16(17)12-4-3-5-14(9-12)19-13-6-7-13/h3-5,8-9,13H,6-7H2,1-2H3. The highest BCUT2D eigenvalue weighted by molar-refractivity contribution is 6.09. The van der Waals surface area contributed by atoms with Crippen LogP contribution in [-0.2, 0) is 0 Å². The van der Waals surface area contributed by atoms with Crippen molar-refractivity contribution in [2.75, 3.05) is 0 Å². The monoisotopic (exact) mass is 256 g/mol. The topological polar surface area (TPSA) is 39.4 Å². The van der Waals surface area contributed by atoms with E-state index in [2.05, 4.69) is 0 Å². The average molecular weight is 256 g/mol. The minimum atomic E-state index is -0.0180. The summed E-state index contributed by atoms with van der Waals surface area (Å²) in [5.74, 6) is 2.17. The molecule has 0 bridgehead atoms. The van der Waals surface area contributed by atoms with Crippen LogP contribution in [0.1, 0.15) is 40.3 Å². The summed E-state index contributed by atoms with van der Waals surface area (Å²) in [7, 11) is 0. The Bertz CT molecular complexity index is 621. The van der Waals surface area contributed by atoms with Gasteiger partial charge in [0.25, 0.3) is 0 Å². The first-order chi connectivity index (χ1) is 9.13. The van der Waals surface area contributed by atoms with E-state index >= 15 is 0 Å². The predicted molar refractivity (Wildman–Crippen MR) is 71.7 cm³/mol. The third-order valence-electron chi connectivity index (χ3n) is 3.21. The highest BCUT2D eigenvalue weighted by Gasteiger charge is 2.24. The number of hydrogen-bond donors (Lipinski definition) is 0. The molecule has 19 heavy (non-hydrogen) atoms. The SMILES string of the molecule is Cc1cc(C(=O)c2cccc(OC3CC3)c2)c(C)o1. The molecular weight excluding hydrogens is 240 g/mol. The van der Waals surface area contributed by atoms with Crippen LogP contribution in [0.3, 0.4) is 0 Å². The minimum absolute atomic E-state index is 0.0180. The zero-order valence-corrected chi connectivity index (χ0v) is 11.1. The van der Waals surface area contributed by atoms with Crippen molar-refractivity contribution in [3.63, 3.8) is 0 Å². The summed E-state index contributed by atoms with van der Waals surface area (Å²) < 4.78 is 11.1. The molecule has 1 saturated carbocycles. The highest BCUT2D eigenvalue weighted by atomic mass is 16.5. The molecule has 1 heterocycles. The maximum atomic E-state index is 12.4. The number of carbonyl (C=O) groups excluding carboxylic acids is 1. The fourth-order valence-electron chi connectivity index (χ4n) is 2.10. The smallest absolute Gasteiger partial charge is 0.196 e. The van der Waals surface area contributed by atoms with Crippen molar-refractivity contribution in [3.8, 4) is 5.75 Å². The molecule has 0 amide bonds. The van der Waals surface area contributed by atoms with Crippen LogP contribution >= 0.6 is 0 Å². The fraction of sp³-hybridized carbons (Fsp3) is 0.312. The molecule has 3 nitrogen and oxygen atoms in total. The molecule has 1 fully saturated rings. The molecule has 1 aromatic heterocycles. The normalized spacial score (nSPS) is 14.4. The summed E-state index contributed by atoms with van der Waals surface area (Å²) in [6, 6.07) is 9.15. The lowest BCUT2D eigenvalue weighted by Crippen LogP contribution is -2.03. The van der Waals surface area contributed by atoms with E-state index in [9.17, 15) is 4.79 Å². The Labute approximate surface area is 112 Å². The third kappa shape index (κ3) is 2.55. The molecular formula is C16H16O3. The zero-order chi connectivity index (χ0) is 13.4. The lowest BCUT2D eigenvalue weighted by molar-refractivity contribution is 0.103. The van der Waals surface area contributed by atoms with Crippen molar-refractivity contribution in [1.82, 2.24) is 0 Å². The van der Waals surface area contributed by atoms with Crippen LogP contribution in [0.2, 0.25) is 0 Å². The number of rotatable bonds is 4. The molecule has 0 unspecified atom stereocenters. The second-order valence-electron chi connectivity index (χ2n) is 5.00. The summed E-state index contributed by atoms with van der Waals surface area (Å²) in [5, 5.41) is 0. The van der Waals surface area contributed by atoms with Crippen LogP contribution in [0.15, 0.2) is 34.7 Å². The zero-order valence-electron chi connectivity index (χ0n) is 11.1. The Morgan fingerprint density at radius 3 is 2.68 bits per heavy atom. The predicted octanol–water partition coefficient (Wildman–Crippen LogP) is 3.67. The number of hydrogen-bond acceptors (Lipinski definition) is 3. The summed E-state index contributed by atoms with van der Waals surface area (Å²) in [4.78, 5) is 12.4. The fourth-order valence-corrected chi connectivity index (χ4v) is 2.10. The molecule has 98 valence electrons. The van der Waals surface area contributed by atoms with Gasteiger partial charge in [-0.2, -0.15) is 0 Å². The van der Waals surface area contributed by atoms with E-state index in [0.717, 1.165) is 24.4 Å². The van der Waals surface area contributed by atoms with Crippen LogP contribution in [0.5, 0.6) is 5.75 Å². The molecule has 0 aliphatic heterocycles. The summed E-state index contributed by atoms with van der Waals surface area (Å²) in [6.07, 6.45) is 2.56. The van der Waals surface area contributed by atoms with E-state index in [0.29, 0.717) is 23.0 Å². The first kappa shape index (κ1) is 12.0. The van der Waals surface area contributed by atoms with Gasteiger partial charge in [0, 0.05) is 5.56 Å². The Balaban J connectivity index is 1.88. The van der Waals surface area contributed by atoms with E-state index in [1.54, 1.807) is 6.07 Å². The van der Waals surface area contributed by atoms with Crippen LogP contribution in [-0.4, -0.2) is 11.9 Å². The lowest BCUT2D eigenvalue weighted by atomic mass is 10.0. The Morgan fingerprint density at radius 2 is 2.05 bits per heavy atom. The summed E-state index contributed by atoms with van der Waals surface area (Å²) in [6.45, 7) is 3.65. The molecule has 1 aliphatic carbocycles. The van der Waals surface area contributed by atoms with Crippen molar-refractivity contribution in [1.29, 1.82) is 0 Å². The van der Waals surface area contributed by atoms with Crippen molar-refractivity contribution >= 4 is 5.78 Å². The molecule has 2 aromatic rings. The minimum Gasteiger partial charge on any atom is -0.490 e. The second-order valence-corrected chi connectivity index (χ2v) is 5.00. The molecule has 0 spiro atoms. The highest BCUT2D eigenvalue weighted by Crippen LogP contribution is 2.28. The number of benzene rings is 1. The first-order valence-electron chi connectivity index (χ1n) is 6.52. The van der Waals surface area contributed by atoms with Crippen LogP contribution < -0.4 is 4.74 Å². The van der Waals surface area contributed by atoms with Gasteiger partial charge in [-0.25, -0.2) is 0 Å². The van der Waals surface area contributed by atoms with Gasteiger partial charge in [-0.3, -0.25) is 4.79 Å². The Morgan fingerprint density at radius 1 is 1.26 bits per heavy atom. The van der Waals surface area contributed by atoms with Gasteiger partial charge in [0.1, 0.15) is 17.3 Å². The molecule has 0 atom stereocenters. The summed E-state index contributed by atoms with van der Waals surface area (Å²) in [5.41, 5.74) is 1.27. The molecule has 3 rings (SSSR count). The van der Waals surface area contributed by atoms with Crippen molar-refractivity contribution in [2.24, 2.45) is 0 Å². The van der Waals surface area contributed by atoms with Crippen LogP contribution in [0, 0.1) is 13.8 Å². The Kier molecular flexibility index (Phi) is 2.90. The number of ketones is 1. The van der Waals surface area contributed by atoms with Crippen molar-refractivity contribution in [2.45, 2.75) is 32.8 Å². The first-order valence-corrected chi connectivity index (χ1v) is 6.52. The van der Waals surface area contributed by atoms with Crippen LogP contribution in [0.4, 0.5) is 0 Å². The molecule has 0 N–H and O–H groups in total. The van der Waals surface area contributed by atoms with Gasteiger partial charge in [0.15, 0.2) is 5.78 Å². The van der Waals surface area contributed by atoms with E-state index < -0.39 is 0 Å². The van der Waals surface area contributed by atoms with Crippen LogP contribution in [0.25, 0.3) is 0 Å². The van der Waals surface area contributed by atoms with Gasteiger partial charge in [-0.15, -0.1) is 0 Å². The molecule has 0 radical (unpaired) electrons. The van der Waals surface area contributed by atoms with Gasteiger partial charge in [0.05, 0.1) is 11.7 Å². The quantitative estimate of drug-likeness (QED) is 0.783. The van der Waals surface area contributed by atoms with E-state index in [1.165, 1.54) is 0 Å². The van der Waals surface area contributed by atoms with Crippen molar-refractivity contribution in [3.05, 3.63) is 53.0 Å². The maximum absolute atomic E-state index is 12.4. The largest absolute Gasteiger partial charge is 0.490 e. The molecule has 3 heteroatoms. The van der Waals surface area contributed by atoms with Crippen molar-refractivity contribution < 1.29 is 13.9 Å². The molecule has 1 aliphatic rings. The molecule has 1 aromatic carbocycles. The number of aryl methyl sites for hydroxylation is 2. The van der Waals surface area contributed by atoms with E-state index in [-0.39, 0.29) is 5.78 Å². The second kappa shape index (κ2) is 4.57. The number of ether oxygens (including phenoxy) is 1. The van der Waals surface area contributed by atoms with Gasteiger partial charge in [-0.05, 0) is 44.9 Å². The summed E-state index contributed by atoms with van der Waals surface area (Å²) >= 11 is 0. The number of furan rings is 1. The average Bonchev–Trinajstić information content (AvgIpc) is 3.13. The third-order valence-corrected chi connectivity index (χ3v) is 3.21. The Hall–Kier alpha value is -2.03. The van der Waals surface area contributed by atoms with E-state index in [4.69, 9.17) is 9.15 Å². The van der Waals surface area contributed by atoms with E-state index in [1.807, 2.05) is 38.1 Å². The number of carbonyl (C=O) groups is 1. The van der Waals surface area contributed by atoms with Gasteiger partial charge >= 0.3 is 0 Å². The maximum Gasteiger partial charge on any atom is 0.196 e. The lowest BCUT2D eigenvalue weighted by Gasteiger charge is -2.06. The van der Waals surface area contributed by atoms with Gasteiger partial charge < -0.3 is 9.15 Å².